The van der Waals surface area contributed by atoms with Crippen LogP contribution in [-0.2, 0) is 4.74 Å². The van der Waals surface area contributed by atoms with E-state index in [9.17, 15) is 4.79 Å². The highest BCUT2D eigenvalue weighted by atomic mass is 35.5. The van der Waals surface area contributed by atoms with Crippen molar-refractivity contribution < 1.29 is 9.53 Å². The smallest absolute Gasteiger partial charge is 0.295 e. The second kappa shape index (κ2) is 8.18. The summed E-state index contributed by atoms with van der Waals surface area (Å²) in [6, 6.07) is 7.38. The molecule has 0 bridgehead atoms. The Balaban J connectivity index is 2.17. The summed E-state index contributed by atoms with van der Waals surface area (Å²) in [5.41, 5.74) is 0.409. The summed E-state index contributed by atoms with van der Waals surface area (Å²) in [7, 11) is 0. The van der Waals surface area contributed by atoms with Crippen LogP contribution < -0.4 is 0 Å². The molecule has 0 atom stereocenters. The van der Waals surface area contributed by atoms with Gasteiger partial charge in [0.05, 0.1) is 17.2 Å². The highest BCUT2D eigenvalue weighted by Crippen LogP contribution is 2.19. The van der Waals surface area contributed by atoms with Gasteiger partial charge in [0.25, 0.3) is 11.9 Å². The number of likely N-dealkylation sites (tertiary alicyclic amines) is 1. The topological polar surface area (TPSA) is 41.9 Å². The third kappa shape index (κ3) is 4.47. The van der Waals surface area contributed by atoms with Gasteiger partial charge in [-0.1, -0.05) is 37.6 Å². The lowest BCUT2D eigenvalue weighted by molar-refractivity contribution is 0.0991. The van der Waals surface area contributed by atoms with Gasteiger partial charge in [-0.2, -0.15) is 4.99 Å². The molecular formula is C17H23ClN2O2. The maximum atomic E-state index is 12.4. The molecule has 2 rings (SSSR count). The molecular weight excluding hydrogens is 300 g/mol. The minimum atomic E-state index is -0.352. The number of hydrogen-bond donors (Lipinski definition) is 0. The first kappa shape index (κ1) is 16.8. The Morgan fingerprint density at radius 1 is 1.36 bits per heavy atom. The third-order valence-corrected chi connectivity index (χ3v) is 4.12. The minimum Gasteiger partial charge on any atom is -0.465 e. The fourth-order valence-corrected chi connectivity index (χ4v) is 2.59. The Kier molecular flexibility index (Phi) is 6.25. The third-order valence-electron chi connectivity index (χ3n) is 3.79. The highest BCUT2D eigenvalue weighted by molar-refractivity contribution is 6.34. The fraction of sp³-hybridized carbons (Fsp3) is 0.529. The molecule has 1 amide bonds. The number of benzene rings is 1. The molecule has 22 heavy (non-hydrogen) atoms. The van der Waals surface area contributed by atoms with Crippen LogP contribution in [0.2, 0.25) is 5.02 Å². The first-order valence-corrected chi connectivity index (χ1v) is 8.25. The molecule has 0 N–H and O–H groups in total. The van der Waals surface area contributed by atoms with Gasteiger partial charge >= 0.3 is 0 Å². The van der Waals surface area contributed by atoms with Crippen molar-refractivity contribution in [1.82, 2.24) is 4.90 Å². The van der Waals surface area contributed by atoms with E-state index in [2.05, 4.69) is 16.8 Å². The van der Waals surface area contributed by atoms with E-state index in [1.807, 2.05) is 6.92 Å². The normalized spacial score (nSPS) is 16.7. The van der Waals surface area contributed by atoms with Crippen molar-refractivity contribution in [2.75, 3.05) is 19.7 Å². The minimum absolute atomic E-state index is 0.352. The van der Waals surface area contributed by atoms with E-state index in [0.29, 0.717) is 29.1 Å². The maximum absolute atomic E-state index is 12.4. The van der Waals surface area contributed by atoms with Crippen LogP contribution in [0.15, 0.2) is 29.3 Å². The Labute approximate surface area is 137 Å². The second-order valence-corrected chi connectivity index (χ2v) is 6.10. The monoisotopic (exact) mass is 322 g/mol. The first-order valence-electron chi connectivity index (χ1n) is 7.87. The Morgan fingerprint density at radius 2 is 2.05 bits per heavy atom. The van der Waals surface area contributed by atoms with Crippen LogP contribution in [0.4, 0.5) is 0 Å². The molecule has 1 aliphatic rings. The average molecular weight is 323 g/mol. The van der Waals surface area contributed by atoms with Gasteiger partial charge in [0, 0.05) is 13.1 Å². The van der Waals surface area contributed by atoms with E-state index in [1.165, 1.54) is 0 Å². The van der Waals surface area contributed by atoms with Crippen molar-refractivity contribution in [3.05, 3.63) is 34.9 Å². The quantitative estimate of drug-likeness (QED) is 0.624. The number of amides is 1. The zero-order valence-corrected chi connectivity index (χ0v) is 14.0. The number of halogens is 1. The molecule has 120 valence electrons. The van der Waals surface area contributed by atoms with Crippen molar-refractivity contribution in [2.24, 2.45) is 10.9 Å². The number of ether oxygens (including phenoxy) is 1. The van der Waals surface area contributed by atoms with Crippen LogP contribution in [0.1, 0.15) is 43.5 Å². The lowest BCUT2D eigenvalue weighted by Crippen LogP contribution is -2.40. The van der Waals surface area contributed by atoms with Crippen molar-refractivity contribution >= 4 is 23.5 Å². The van der Waals surface area contributed by atoms with E-state index >= 15 is 0 Å². The van der Waals surface area contributed by atoms with Gasteiger partial charge in [0.2, 0.25) is 0 Å². The van der Waals surface area contributed by atoms with Crippen molar-refractivity contribution in [3.63, 3.8) is 0 Å². The molecule has 1 fully saturated rings. The molecule has 1 aromatic carbocycles. The number of aliphatic imine (C=N–C) groups is 1. The van der Waals surface area contributed by atoms with E-state index in [0.717, 1.165) is 32.4 Å². The summed E-state index contributed by atoms with van der Waals surface area (Å²) in [6.45, 7) is 6.58. The number of rotatable bonds is 3. The van der Waals surface area contributed by atoms with Crippen LogP contribution in [-0.4, -0.2) is 36.5 Å². The van der Waals surface area contributed by atoms with Crippen LogP contribution in [0, 0.1) is 5.92 Å². The summed E-state index contributed by atoms with van der Waals surface area (Å²) >= 11 is 6.07. The Hall–Kier alpha value is -1.55. The highest BCUT2D eigenvalue weighted by Gasteiger charge is 2.21. The summed E-state index contributed by atoms with van der Waals surface area (Å²) in [5.74, 6) is 0.360. The molecule has 0 radical (unpaired) electrons. The molecule has 0 unspecified atom stereocenters. The Bertz CT molecular complexity index is 537. The summed E-state index contributed by atoms with van der Waals surface area (Å²) in [5, 5.41) is 0.415. The van der Waals surface area contributed by atoms with Crippen LogP contribution in [0.3, 0.4) is 0 Å². The largest absolute Gasteiger partial charge is 0.465 e. The van der Waals surface area contributed by atoms with Gasteiger partial charge < -0.3 is 9.64 Å². The lowest BCUT2D eigenvalue weighted by Gasteiger charge is -2.31. The Morgan fingerprint density at radius 3 is 2.68 bits per heavy atom. The molecule has 1 saturated heterocycles. The molecule has 5 heteroatoms. The number of carbonyl (C=O) groups is 1. The standard InChI is InChI=1S/C17H23ClN2O2/c1-3-12-22-17(20-10-8-13(2)9-11-20)19-16(21)14-6-4-5-7-15(14)18/h4-7,13H,3,8-12H2,1-2H3. The van der Waals surface area contributed by atoms with E-state index < -0.39 is 0 Å². The predicted octanol–water partition coefficient (Wildman–Crippen LogP) is 3.99. The summed E-state index contributed by atoms with van der Waals surface area (Å²) in [4.78, 5) is 18.6. The van der Waals surface area contributed by atoms with Gasteiger partial charge in [0.15, 0.2) is 0 Å². The van der Waals surface area contributed by atoms with Gasteiger partial charge in [-0.15, -0.1) is 0 Å². The van der Waals surface area contributed by atoms with Crippen molar-refractivity contribution in [3.8, 4) is 0 Å². The summed E-state index contributed by atoms with van der Waals surface area (Å²) in [6.07, 6.45) is 3.06. The molecule has 0 spiro atoms. The lowest BCUT2D eigenvalue weighted by atomic mass is 10.00. The van der Waals surface area contributed by atoms with Gasteiger partial charge in [0.1, 0.15) is 0 Å². The van der Waals surface area contributed by atoms with E-state index in [1.54, 1.807) is 24.3 Å². The molecule has 4 nitrogen and oxygen atoms in total. The van der Waals surface area contributed by atoms with E-state index in [-0.39, 0.29) is 5.91 Å². The number of amidine groups is 1. The van der Waals surface area contributed by atoms with Crippen LogP contribution >= 0.6 is 11.6 Å². The molecule has 0 aliphatic carbocycles. The van der Waals surface area contributed by atoms with Crippen LogP contribution in [0.5, 0.6) is 0 Å². The molecule has 1 aliphatic heterocycles. The van der Waals surface area contributed by atoms with Crippen molar-refractivity contribution in [2.45, 2.75) is 33.1 Å². The molecule has 1 heterocycles. The van der Waals surface area contributed by atoms with Crippen molar-refractivity contribution in [1.29, 1.82) is 0 Å². The average Bonchev–Trinajstić information content (AvgIpc) is 2.52. The maximum Gasteiger partial charge on any atom is 0.295 e. The fourth-order valence-electron chi connectivity index (χ4n) is 2.37. The predicted molar refractivity (Wildman–Crippen MR) is 89.4 cm³/mol. The molecule has 0 saturated carbocycles. The summed E-state index contributed by atoms with van der Waals surface area (Å²) < 4.78 is 5.71. The van der Waals surface area contributed by atoms with Crippen LogP contribution in [0.25, 0.3) is 0 Å². The molecule has 1 aromatic rings. The van der Waals surface area contributed by atoms with Gasteiger partial charge in [-0.25, -0.2) is 0 Å². The molecule has 0 aromatic heterocycles. The zero-order chi connectivity index (χ0) is 15.9. The zero-order valence-electron chi connectivity index (χ0n) is 13.2. The second-order valence-electron chi connectivity index (χ2n) is 5.70. The number of hydrogen-bond acceptors (Lipinski definition) is 2. The number of piperidine rings is 1. The SMILES string of the molecule is CCCOC(=NC(=O)c1ccccc1Cl)N1CCC(C)CC1. The van der Waals surface area contributed by atoms with Gasteiger partial charge in [-0.05, 0) is 37.3 Å². The number of nitrogens with zero attached hydrogens (tertiary/aromatic N) is 2. The number of carbonyl (C=O) groups excluding carboxylic acids is 1. The van der Waals surface area contributed by atoms with E-state index in [4.69, 9.17) is 16.3 Å². The first-order chi connectivity index (χ1) is 10.6. The van der Waals surface area contributed by atoms with Gasteiger partial charge in [-0.3, -0.25) is 4.79 Å².